The van der Waals surface area contributed by atoms with E-state index in [0.29, 0.717) is 35.6 Å². The Hall–Kier alpha value is -1.35. The summed E-state index contributed by atoms with van der Waals surface area (Å²) in [4.78, 5) is 22.6. The third-order valence-electron chi connectivity index (χ3n) is 2.41. The van der Waals surface area contributed by atoms with Gasteiger partial charge in [-0.25, -0.2) is 0 Å². The van der Waals surface area contributed by atoms with Gasteiger partial charge >= 0.3 is 0 Å². The number of ether oxygens (including phenoxy) is 1. The summed E-state index contributed by atoms with van der Waals surface area (Å²) >= 11 is 5.98. The summed E-state index contributed by atoms with van der Waals surface area (Å²) in [5, 5.41) is 0.386. The summed E-state index contributed by atoms with van der Waals surface area (Å²) in [5.74, 6) is 0.674. The van der Waals surface area contributed by atoms with Gasteiger partial charge in [0.1, 0.15) is 11.5 Å². The molecule has 92 valence electrons. The smallest absolute Gasteiger partial charge is 0.164 e. The predicted octanol–water partition coefficient (Wildman–Crippen LogP) is 3.29. The molecular formula is C13H15ClO3. The molecule has 0 saturated carbocycles. The zero-order valence-electron chi connectivity index (χ0n) is 9.96. The first-order valence-corrected chi connectivity index (χ1v) is 5.78. The molecule has 0 heterocycles. The van der Waals surface area contributed by atoms with Crippen molar-refractivity contribution in [2.75, 3.05) is 7.11 Å². The highest BCUT2D eigenvalue weighted by atomic mass is 35.5. The fraction of sp³-hybridized carbons (Fsp3) is 0.385. The van der Waals surface area contributed by atoms with Crippen LogP contribution in [0.5, 0.6) is 5.75 Å². The largest absolute Gasteiger partial charge is 0.497 e. The van der Waals surface area contributed by atoms with Crippen LogP contribution in [0.15, 0.2) is 18.2 Å². The van der Waals surface area contributed by atoms with Gasteiger partial charge in [0.2, 0.25) is 0 Å². The van der Waals surface area contributed by atoms with E-state index < -0.39 is 0 Å². The van der Waals surface area contributed by atoms with E-state index in [9.17, 15) is 9.59 Å². The maximum absolute atomic E-state index is 11.8. The summed E-state index contributed by atoms with van der Waals surface area (Å²) in [6.45, 7) is 1.52. The molecule has 0 saturated heterocycles. The second kappa shape index (κ2) is 6.40. The molecule has 0 atom stereocenters. The minimum absolute atomic E-state index is 0.0427. The summed E-state index contributed by atoms with van der Waals surface area (Å²) in [7, 11) is 1.54. The minimum atomic E-state index is -0.0427. The molecule has 1 aromatic rings. The van der Waals surface area contributed by atoms with E-state index >= 15 is 0 Å². The van der Waals surface area contributed by atoms with Crippen LogP contribution in [0, 0.1) is 0 Å². The average molecular weight is 255 g/mol. The van der Waals surface area contributed by atoms with Crippen molar-refractivity contribution in [3.63, 3.8) is 0 Å². The van der Waals surface area contributed by atoms with Crippen molar-refractivity contribution in [3.8, 4) is 5.75 Å². The molecule has 0 bridgehead atoms. The van der Waals surface area contributed by atoms with Gasteiger partial charge in [-0.15, -0.1) is 0 Å². The molecular weight excluding hydrogens is 240 g/mol. The van der Waals surface area contributed by atoms with Crippen LogP contribution in [0.25, 0.3) is 0 Å². The molecule has 0 radical (unpaired) electrons. The second-order valence-electron chi connectivity index (χ2n) is 3.82. The number of Topliss-reactive ketones (excluding diaryl/α,β-unsaturated/α-hetero) is 2. The van der Waals surface area contributed by atoms with Crippen molar-refractivity contribution >= 4 is 23.2 Å². The number of hydrogen-bond acceptors (Lipinski definition) is 3. The van der Waals surface area contributed by atoms with Crippen LogP contribution in [0.3, 0.4) is 0 Å². The quantitative estimate of drug-likeness (QED) is 0.732. The third-order valence-corrected chi connectivity index (χ3v) is 2.72. The summed E-state index contributed by atoms with van der Waals surface area (Å²) < 4.78 is 5.00. The fourth-order valence-electron chi connectivity index (χ4n) is 1.48. The van der Waals surface area contributed by atoms with Gasteiger partial charge in [0.15, 0.2) is 5.78 Å². The molecule has 0 unspecified atom stereocenters. The first-order chi connectivity index (χ1) is 8.04. The Bertz CT molecular complexity index is 427. The Balaban J connectivity index is 2.66. The summed E-state index contributed by atoms with van der Waals surface area (Å²) in [6.07, 6.45) is 1.33. The number of ketones is 2. The molecule has 0 aliphatic rings. The van der Waals surface area contributed by atoms with Crippen LogP contribution >= 0.6 is 11.6 Å². The van der Waals surface area contributed by atoms with Crippen molar-refractivity contribution in [1.29, 1.82) is 0 Å². The highest BCUT2D eigenvalue weighted by Crippen LogP contribution is 2.23. The number of halogens is 1. The van der Waals surface area contributed by atoms with Crippen molar-refractivity contribution < 1.29 is 14.3 Å². The van der Waals surface area contributed by atoms with Gasteiger partial charge in [0.05, 0.1) is 12.1 Å². The van der Waals surface area contributed by atoms with Gasteiger partial charge in [-0.05, 0) is 31.5 Å². The molecule has 0 aromatic heterocycles. The summed E-state index contributed by atoms with van der Waals surface area (Å²) in [5.41, 5.74) is 0.482. The lowest BCUT2D eigenvalue weighted by atomic mass is 10.0. The number of carbonyl (C=O) groups is 2. The first-order valence-electron chi connectivity index (χ1n) is 5.40. The van der Waals surface area contributed by atoms with E-state index in [4.69, 9.17) is 16.3 Å². The maximum Gasteiger partial charge on any atom is 0.164 e. The lowest BCUT2D eigenvalue weighted by molar-refractivity contribution is -0.117. The molecule has 0 spiro atoms. The van der Waals surface area contributed by atoms with Gasteiger partial charge in [0, 0.05) is 18.4 Å². The van der Waals surface area contributed by atoms with Crippen LogP contribution in [-0.4, -0.2) is 18.7 Å². The first kappa shape index (κ1) is 13.7. The van der Waals surface area contributed by atoms with Crippen molar-refractivity contribution in [3.05, 3.63) is 28.8 Å². The van der Waals surface area contributed by atoms with Gasteiger partial charge in [-0.3, -0.25) is 4.79 Å². The van der Waals surface area contributed by atoms with Crippen molar-refractivity contribution in [2.45, 2.75) is 26.2 Å². The van der Waals surface area contributed by atoms with Crippen LogP contribution in [0.4, 0.5) is 0 Å². The van der Waals surface area contributed by atoms with Gasteiger partial charge < -0.3 is 9.53 Å². The molecule has 0 N–H and O–H groups in total. The molecule has 4 heteroatoms. The second-order valence-corrected chi connectivity index (χ2v) is 4.23. The Morgan fingerprint density at radius 1 is 1.29 bits per heavy atom. The fourth-order valence-corrected chi connectivity index (χ4v) is 1.76. The topological polar surface area (TPSA) is 43.4 Å². The highest BCUT2D eigenvalue weighted by molar-refractivity contribution is 6.34. The molecule has 0 aliphatic heterocycles. The Kier molecular flexibility index (Phi) is 5.16. The minimum Gasteiger partial charge on any atom is -0.497 e. The highest BCUT2D eigenvalue weighted by Gasteiger charge is 2.11. The van der Waals surface area contributed by atoms with Crippen LogP contribution in [0.2, 0.25) is 5.02 Å². The SMILES string of the molecule is COc1ccc(C(=O)CCCC(C)=O)c(Cl)c1. The Labute approximate surface area is 106 Å². The Morgan fingerprint density at radius 3 is 2.53 bits per heavy atom. The number of methoxy groups -OCH3 is 1. The van der Waals surface area contributed by atoms with Crippen molar-refractivity contribution in [1.82, 2.24) is 0 Å². The summed E-state index contributed by atoms with van der Waals surface area (Å²) in [6, 6.07) is 4.96. The predicted molar refractivity (Wildman–Crippen MR) is 66.9 cm³/mol. The van der Waals surface area contributed by atoms with E-state index in [1.807, 2.05) is 0 Å². The average Bonchev–Trinajstić information content (AvgIpc) is 2.28. The number of hydrogen-bond donors (Lipinski definition) is 0. The molecule has 0 fully saturated rings. The van der Waals surface area contributed by atoms with E-state index in [1.54, 1.807) is 25.3 Å². The number of benzene rings is 1. The molecule has 0 amide bonds. The zero-order valence-corrected chi connectivity index (χ0v) is 10.7. The van der Waals surface area contributed by atoms with Gasteiger partial charge in [-0.1, -0.05) is 11.6 Å². The number of rotatable bonds is 6. The van der Waals surface area contributed by atoms with Crippen LogP contribution in [-0.2, 0) is 4.79 Å². The molecule has 1 aromatic carbocycles. The maximum atomic E-state index is 11.8. The molecule has 1 rings (SSSR count). The van der Waals surface area contributed by atoms with Crippen LogP contribution in [0.1, 0.15) is 36.5 Å². The monoisotopic (exact) mass is 254 g/mol. The zero-order chi connectivity index (χ0) is 12.8. The Morgan fingerprint density at radius 2 is 2.00 bits per heavy atom. The standard InChI is InChI=1S/C13H15ClO3/c1-9(15)4-3-5-13(16)11-7-6-10(17-2)8-12(11)14/h6-8H,3-5H2,1-2H3. The van der Waals surface area contributed by atoms with E-state index in [-0.39, 0.29) is 11.6 Å². The molecule has 3 nitrogen and oxygen atoms in total. The lowest BCUT2D eigenvalue weighted by Gasteiger charge is -2.05. The van der Waals surface area contributed by atoms with Gasteiger partial charge in [-0.2, -0.15) is 0 Å². The normalized spacial score (nSPS) is 10.1. The van der Waals surface area contributed by atoms with E-state index in [0.717, 1.165) is 0 Å². The van der Waals surface area contributed by atoms with Crippen molar-refractivity contribution in [2.24, 2.45) is 0 Å². The molecule has 0 aliphatic carbocycles. The third kappa shape index (κ3) is 4.19. The van der Waals surface area contributed by atoms with Gasteiger partial charge in [0.25, 0.3) is 0 Å². The lowest BCUT2D eigenvalue weighted by Crippen LogP contribution is -2.01. The number of carbonyl (C=O) groups excluding carboxylic acids is 2. The van der Waals surface area contributed by atoms with E-state index in [1.165, 1.54) is 6.92 Å². The molecule has 17 heavy (non-hydrogen) atoms. The van der Waals surface area contributed by atoms with Crippen LogP contribution < -0.4 is 4.74 Å². The van der Waals surface area contributed by atoms with E-state index in [2.05, 4.69) is 0 Å².